The summed E-state index contributed by atoms with van der Waals surface area (Å²) in [6.45, 7) is 0.330. The van der Waals surface area contributed by atoms with Crippen LogP contribution in [-0.2, 0) is 0 Å². The molecule has 11 heavy (non-hydrogen) atoms. The predicted molar refractivity (Wildman–Crippen MR) is 33.6 cm³/mol. The third kappa shape index (κ3) is 0.805. The van der Waals surface area contributed by atoms with Crippen LogP contribution in [0.4, 0.5) is 9.18 Å². The molecule has 1 N–H and O–H groups in total. The Morgan fingerprint density at radius 3 is 2.91 bits per heavy atom. The highest BCUT2D eigenvalue weighted by Gasteiger charge is 2.44. The second kappa shape index (κ2) is 2.07. The van der Waals surface area contributed by atoms with E-state index in [4.69, 9.17) is 5.21 Å². The van der Waals surface area contributed by atoms with Crippen LogP contribution in [0, 0.1) is 0 Å². The number of fused-ring (bicyclic) bond motifs is 2. The second-order valence-electron chi connectivity index (χ2n) is 2.95. The number of hydrogen-bond donors (Lipinski definition) is 1. The highest BCUT2D eigenvalue weighted by Crippen LogP contribution is 2.28. The Bertz CT molecular complexity index is 199. The lowest BCUT2D eigenvalue weighted by Crippen LogP contribution is -2.36. The number of urea groups is 1. The van der Waals surface area contributed by atoms with E-state index < -0.39 is 12.3 Å². The van der Waals surface area contributed by atoms with Crippen molar-refractivity contribution in [2.75, 3.05) is 6.54 Å². The number of rotatable bonds is 0. The number of alkyl halides is 1. The summed E-state index contributed by atoms with van der Waals surface area (Å²) in [5.74, 6) is 0. The van der Waals surface area contributed by atoms with Gasteiger partial charge in [0.25, 0.3) is 0 Å². The molecule has 2 heterocycles. The number of halogens is 1. The molecule has 4 nitrogen and oxygen atoms in total. The summed E-state index contributed by atoms with van der Waals surface area (Å²) in [5.41, 5.74) is 0. The summed E-state index contributed by atoms with van der Waals surface area (Å²) >= 11 is 0. The number of nitrogens with zero attached hydrogens (tertiary/aromatic N) is 2. The molecule has 2 atom stereocenters. The molecule has 0 spiro atoms. The van der Waals surface area contributed by atoms with Crippen LogP contribution < -0.4 is 0 Å². The summed E-state index contributed by atoms with van der Waals surface area (Å²) in [6, 6.07) is -0.783. The Balaban J connectivity index is 2.22. The largest absolute Gasteiger partial charge is 0.346 e. The molecule has 0 aliphatic carbocycles. The molecule has 2 bridgehead atoms. The molecule has 2 aliphatic heterocycles. The minimum atomic E-state index is -1.20. The molecular weight excluding hydrogens is 151 g/mol. The first kappa shape index (κ1) is 6.84. The second-order valence-corrected chi connectivity index (χ2v) is 2.95. The number of piperidine rings is 1. The van der Waals surface area contributed by atoms with Gasteiger partial charge < -0.3 is 0 Å². The van der Waals surface area contributed by atoms with Gasteiger partial charge in [-0.3, -0.25) is 10.1 Å². The van der Waals surface area contributed by atoms with Gasteiger partial charge in [0.2, 0.25) is 0 Å². The van der Waals surface area contributed by atoms with Crippen molar-refractivity contribution in [3.05, 3.63) is 0 Å². The number of amides is 2. The summed E-state index contributed by atoms with van der Waals surface area (Å²) in [5, 5.41) is 9.70. The van der Waals surface area contributed by atoms with Crippen LogP contribution in [0.2, 0.25) is 0 Å². The van der Waals surface area contributed by atoms with Crippen molar-refractivity contribution in [2.45, 2.75) is 25.2 Å². The number of carbonyl (C=O) groups excluding carboxylic acids is 1. The highest BCUT2D eigenvalue weighted by molar-refractivity contribution is 5.76. The van der Waals surface area contributed by atoms with Crippen LogP contribution in [0.5, 0.6) is 0 Å². The standard InChI is InChI=1S/C6H9FN2O2/c7-5-2-1-4-3-8(5)6(10)9(4)11/h4-5,11H,1-3H2/t4-,5-/m1/s1. The Kier molecular flexibility index (Phi) is 1.29. The molecule has 0 saturated carbocycles. The van der Waals surface area contributed by atoms with Crippen LogP contribution in [0.3, 0.4) is 0 Å². The fourth-order valence-corrected chi connectivity index (χ4v) is 1.60. The first-order valence-electron chi connectivity index (χ1n) is 3.63. The van der Waals surface area contributed by atoms with Gasteiger partial charge in [-0.2, -0.15) is 0 Å². The molecule has 2 rings (SSSR count). The first-order chi connectivity index (χ1) is 5.20. The van der Waals surface area contributed by atoms with E-state index in [-0.39, 0.29) is 6.04 Å². The number of hydroxylamine groups is 2. The van der Waals surface area contributed by atoms with Crippen LogP contribution >= 0.6 is 0 Å². The molecule has 0 unspecified atom stereocenters. The lowest BCUT2D eigenvalue weighted by Gasteiger charge is -2.23. The van der Waals surface area contributed by atoms with Crippen LogP contribution in [0.25, 0.3) is 0 Å². The van der Waals surface area contributed by atoms with E-state index in [1.807, 2.05) is 0 Å². The average molecular weight is 160 g/mol. The number of hydrogen-bond acceptors (Lipinski definition) is 2. The maximum absolute atomic E-state index is 12.9. The molecule has 2 fully saturated rings. The maximum Gasteiger partial charge on any atom is 0.346 e. The average Bonchev–Trinajstić information content (AvgIpc) is 2.24. The SMILES string of the molecule is O=C1N(O)[C@@H]2CC[C@H](F)N1C2. The van der Waals surface area contributed by atoms with Crippen molar-refractivity contribution < 1.29 is 14.4 Å². The molecule has 0 aromatic rings. The Hall–Kier alpha value is -0.840. The zero-order chi connectivity index (χ0) is 8.01. The minimum Gasteiger partial charge on any atom is -0.290 e. The molecule has 2 saturated heterocycles. The first-order valence-corrected chi connectivity index (χ1v) is 3.63. The zero-order valence-corrected chi connectivity index (χ0v) is 5.90. The monoisotopic (exact) mass is 160 g/mol. The van der Waals surface area contributed by atoms with Gasteiger partial charge in [-0.15, -0.1) is 0 Å². The predicted octanol–water partition coefficient (Wildman–Crippen LogP) is 0.571. The summed E-state index contributed by atoms with van der Waals surface area (Å²) in [7, 11) is 0. The molecule has 0 aromatic heterocycles. The third-order valence-corrected chi connectivity index (χ3v) is 2.27. The zero-order valence-electron chi connectivity index (χ0n) is 5.90. The fourth-order valence-electron chi connectivity index (χ4n) is 1.60. The van der Waals surface area contributed by atoms with Crippen LogP contribution in [0.1, 0.15) is 12.8 Å². The van der Waals surface area contributed by atoms with Gasteiger partial charge in [0.05, 0.1) is 6.04 Å². The van der Waals surface area contributed by atoms with Crippen LogP contribution in [-0.4, -0.2) is 40.1 Å². The topological polar surface area (TPSA) is 43.8 Å². The van der Waals surface area contributed by atoms with Crippen molar-refractivity contribution in [3.8, 4) is 0 Å². The van der Waals surface area contributed by atoms with Gasteiger partial charge in [0.15, 0.2) is 6.30 Å². The lowest BCUT2D eigenvalue weighted by atomic mass is 10.1. The normalized spacial score (nSPS) is 36.7. The van der Waals surface area contributed by atoms with E-state index in [2.05, 4.69) is 0 Å². The van der Waals surface area contributed by atoms with E-state index >= 15 is 0 Å². The minimum absolute atomic E-state index is 0.186. The summed E-state index contributed by atoms with van der Waals surface area (Å²) in [6.07, 6.45) is -0.302. The molecule has 0 radical (unpaired) electrons. The van der Waals surface area contributed by atoms with Crippen molar-refractivity contribution in [3.63, 3.8) is 0 Å². The van der Waals surface area contributed by atoms with Gasteiger partial charge in [0, 0.05) is 6.54 Å². The molecule has 2 aliphatic rings. The van der Waals surface area contributed by atoms with E-state index in [1.165, 1.54) is 0 Å². The number of carbonyl (C=O) groups is 1. The van der Waals surface area contributed by atoms with E-state index in [1.54, 1.807) is 0 Å². The Morgan fingerprint density at radius 1 is 1.55 bits per heavy atom. The van der Waals surface area contributed by atoms with E-state index in [0.29, 0.717) is 24.4 Å². The summed E-state index contributed by atoms with van der Waals surface area (Å²) < 4.78 is 12.9. The third-order valence-electron chi connectivity index (χ3n) is 2.27. The Labute approximate surface area is 63.1 Å². The van der Waals surface area contributed by atoms with E-state index in [0.717, 1.165) is 4.90 Å². The van der Waals surface area contributed by atoms with Crippen molar-refractivity contribution in [1.82, 2.24) is 9.96 Å². The van der Waals surface area contributed by atoms with Crippen molar-refractivity contribution in [2.24, 2.45) is 0 Å². The lowest BCUT2D eigenvalue weighted by molar-refractivity contribution is -0.0586. The van der Waals surface area contributed by atoms with Crippen molar-refractivity contribution in [1.29, 1.82) is 0 Å². The molecule has 5 heteroatoms. The van der Waals surface area contributed by atoms with Gasteiger partial charge in [-0.1, -0.05) is 0 Å². The van der Waals surface area contributed by atoms with Gasteiger partial charge >= 0.3 is 6.03 Å². The van der Waals surface area contributed by atoms with Crippen molar-refractivity contribution >= 4 is 6.03 Å². The summed E-state index contributed by atoms with van der Waals surface area (Å²) in [4.78, 5) is 12.0. The van der Waals surface area contributed by atoms with Gasteiger partial charge in [0.1, 0.15) is 0 Å². The molecule has 0 aromatic carbocycles. The fraction of sp³-hybridized carbons (Fsp3) is 0.833. The van der Waals surface area contributed by atoms with Gasteiger partial charge in [-0.25, -0.2) is 14.2 Å². The van der Waals surface area contributed by atoms with Gasteiger partial charge in [-0.05, 0) is 12.8 Å². The maximum atomic E-state index is 12.9. The quantitative estimate of drug-likeness (QED) is 0.416. The van der Waals surface area contributed by atoms with Crippen LogP contribution in [0.15, 0.2) is 0 Å². The van der Waals surface area contributed by atoms with E-state index in [9.17, 15) is 9.18 Å². The Morgan fingerprint density at radius 2 is 2.27 bits per heavy atom. The molecule has 2 amide bonds. The molecule has 62 valence electrons. The highest BCUT2D eigenvalue weighted by atomic mass is 19.1. The molecular formula is C6H9FN2O2. The smallest absolute Gasteiger partial charge is 0.290 e.